The van der Waals surface area contributed by atoms with E-state index in [1.807, 2.05) is 12.1 Å². The van der Waals surface area contributed by atoms with Crippen molar-refractivity contribution >= 4 is 29.9 Å². The maximum atomic E-state index is 12.4. The smallest absolute Gasteiger partial charge is 0.422 e. The van der Waals surface area contributed by atoms with Crippen LogP contribution < -0.4 is 15.4 Å². The summed E-state index contributed by atoms with van der Waals surface area (Å²) < 4.78 is 42.1. The topological polar surface area (TPSA) is 74.3 Å². The Balaban J connectivity index is 0.00000338. The Bertz CT molecular complexity index is 704. The Hall–Kier alpha value is -1.98. The van der Waals surface area contributed by atoms with Crippen molar-refractivity contribution in [2.75, 3.05) is 13.7 Å². The molecule has 26 heavy (non-hydrogen) atoms. The summed E-state index contributed by atoms with van der Waals surface area (Å²) in [4.78, 5) is 4.07. The molecule has 0 atom stereocenters. The molecule has 0 aliphatic heterocycles. The van der Waals surface area contributed by atoms with E-state index in [1.165, 1.54) is 0 Å². The van der Waals surface area contributed by atoms with Gasteiger partial charge in [0.1, 0.15) is 5.75 Å². The van der Waals surface area contributed by atoms with E-state index >= 15 is 0 Å². The average Bonchev–Trinajstić information content (AvgIpc) is 3.07. The average molecular weight is 483 g/mol. The lowest BCUT2D eigenvalue weighted by Crippen LogP contribution is -2.36. The highest BCUT2D eigenvalue weighted by atomic mass is 127. The van der Waals surface area contributed by atoms with Crippen LogP contribution in [0.25, 0.3) is 0 Å². The molecule has 2 aromatic rings. The molecule has 1 aromatic carbocycles. The number of alkyl halides is 3. The van der Waals surface area contributed by atoms with Crippen LogP contribution >= 0.6 is 24.0 Å². The van der Waals surface area contributed by atoms with E-state index in [4.69, 9.17) is 4.74 Å². The maximum absolute atomic E-state index is 12.4. The van der Waals surface area contributed by atoms with Crippen LogP contribution in [-0.4, -0.2) is 36.0 Å². The molecule has 0 saturated carbocycles. The lowest BCUT2D eigenvalue weighted by Gasteiger charge is -2.16. The van der Waals surface area contributed by atoms with Gasteiger partial charge in [0.15, 0.2) is 12.6 Å². The van der Waals surface area contributed by atoms with Gasteiger partial charge in [-0.1, -0.05) is 12.1 Å². The zero-order valence-electron chi connectivity index (χ0n) is 14.4. The molecule has 0 unspecified atom stereocenters. The standard InChI is InChI=1S/C16H20F3N5O.HI/c1-11-3-4-12(14(7-11)25-10-16(17,18)19)8-21-15(20-2)22-9-13-5-6-23-24-13;/h3-7H,8-10H2,1-2H3,(H,23,24)(H2,20,21,22);1H. The minimum atomic E-state index is -4.38. The molecule has 144 valence electrons. The number of aryl methyl sites for hydroxylation is 1. The van der Waals surface area contributed by atoms with Crippen molar-refractivity contribution in [1.29, 1.82) is 0 Å². The number of H-pyrrole nitrogens is 1. The first kappa shape index (κ1) is 22.1. The summed E-state index contributed by atoms with van der Waals surface area (Å²) in [5, 5.41) is 12.8. The summed E-state index contributed by atoms with van der Waals surface area (Å²) in [5.74, 6) is 0.714. The SMILES string of the molecule is CN=C(NCc1ccn[nH]1)NCc1ccc(C)cc1OCC(F)(F)F.I. The zero-order valence-corrected chi connectivity index (χ0v) is 16.7. The molecule has 0 spiro atoms. The van der Waals surface area contributed by atoms with Crippen LogP contribution in [0, 0.1) is 6.92 Å². The number of halogens is 4. The highest BCUT2D eigenvalue weighted by Crippen LogP contribution is 2.23. The van der Waals surface area contributed by atoms with Crippen LogP contribution in [-0.2, 0) is 13.1 Å². The van der Waals surface area contributed by atoms with Crippen LogP contribution in [0.5, 0.6) is 5.75 Å². The molecule has 0 aliphatic rings. The molecule has 1 heterocycles. The number of nitrogens with one attached hydrogen (secondary N) is 3. The van der Waals surface area contributed by atoms with Crippen LogP contribution in [0.3, 0.4) is 0 Å². The Morgan fingerprint density at radius 2 is 1.96 bits per heavy atom. The molecule has 6 nitrogen and oxygen atoms in total. The van der Waals surface area contributed by atoms with Gasteiger partial charge < -0.3 is 15.4 Å². The number of hydrogen-bond acceptors (Lipinski definition) is 3. The Morgan fingerprint density at radius 1 is 1.23 bits per heavy atom. The number of ether oxygens (including phenoxy) is 1. The minimum Gasteiger partial charge on any atom is -0.484 e. The van der Waals surface area contributed by atoms with Crippen molar-refractivity contribution < 1.29 is 17.9 Å². The molecular formula is C16H21F3IN5O. The number of rotatable bonds is 6. The van der Waals surface area contributed by atoms with Crippen molar-refractivity contribution in [3.05, 3.63) is 47.3 Å². The van der Waals surface area contributed by atoms with Gasteiger partial charge >= 0.3 is 6.18 Å². The molecule has 0 fully saturated rings. The van der Waals surface area contributed by atoms with Gasteiger partial charge in [0.05, 0.1) is 12.2 Å². The van der Waals surface area contributed by atoms with Gasteiger partial charge in [0, 0.05) is 25.4 Å². The number of aliphatic imine (C=N–C) groups is 1. The molecule has 0 saturated heterocycles. The van der Waals surface area contributed by atoms with Gasteiger partial charge in [-0.3, -0.25) is 10.1 Å². The summed E-state index contributed by atoms with van der Waals surface area (Å²) >= 11 is 0. The van der Waals surface area contributed by atoms with Crippen LogP contribution in [0.1, 0.15) is 16.8 Å². The van der Waals surface area contributed by atoms with Crippen molar-refractivity contribution in [1.82, 2.24) is 20.8 Å². The predicted molar refractivity (Wildman–Crippen MR) is 104 cm³/mol. The third-order valence-electron chi connectivity index (χ3n) is 3.29. The second-order valence-electron chi connectivity index (χ2n) is 5.38. The summed E-state index contributed by atoms with van der Waals surface area (Å²) in [5.41, 5.74) is 2.31. The van der Waals surface area contributed by atoms with E-state index in [-0.39, 0.29) is 36.3 Å². The van der Waals surface area contributed by atoms with Crippen LogP contribution in [0.4, 0.5) is 13.2 Å². The number of benzene rings is 1. The number of hydrogen-bond donors (Lipinski definition) is 3. The summed E-state index contributed by atoms with van der Waals surface area (Å²) in [6.07, 6.45) is -2.74. The number of aromatic amines is 1. The number of aromatic nitrogens is 2. The lowest BCUT2D eigenvalue weighted by molar-refractivity contribution is -0.153. The maximum Gasteiger partial charge on any atom is 0.422 e. The zero-order chi connectivity index (χ0) is 18.3. The number of guanidine groups is 1. The van der Waals surface area contributed by atoms with E-state index in [2.05, 4.69) is 25.8 Å². The molecular weight excluding hydrogens is 462 g/mol. The molecule has 0 aliphatic carbocycles. The summed E-state index contributed by atoms with van der Waals surface area (Å²) in [6, 6.07) is 6.96. The highest BCUT2D eigenvalue weighted by Gasteiger charge is 2.28. The summed E-state index contributed by atoms with van der Waals surface area (Å²) in [6.45, 7) is 1.24. The van der Waals surface area contributed by atoms with E-state index in [1.54, 1.807) is 32.3 Å². The lowest BCUT2D eigenvalue weighted by atomic mass is 10.1. The van der Waals surface area contributed by atoms with Crippen molar-refractivity contribution in [2.45, 2.75) is 26.2 Å². The van der Waals surface area contributed by atoms with Crippen LogP contribution in [0.15, 0.2) is 35.5 Å². The predicted octanol–water partition coefficient (Wildman–Crippen LogP) is 3.14. The molecule has 3 N–H and O–H groups in total. The first-order valence-corrected chi connectivity index (χ1v) is 7.59. The number of nitrogens with zero attached hydrogens (tertiary/aromatic N) is 2. The Kier molecular flexibility index (Phi) is 8.69. The second-order valence-corrected chi connectivity index (χ2v) is 5.38. The molecule has 0 radical (unpaired) electrons. The quantitative estimate of drug-likeness (QED) is 0.336. The van der Waals surface area contributed by atoms with Gasteiger partial charge in [-0.15, -0.1) is 24.0 Å². The van der Waals surface area contributed by atoms with Gasteiger partial charge in [-0.25, -0.2) is 0 Å². The third-order valence-corrected chi connectivity index (χ3v) is 3.29. The minimum absolute atomic E-state index is 0. The Labute approximate surface area is 166 Å². The fourth-order valence-electron chi connectivity index (χ4n) is 2.06. The monoisotopic (exact) mass is 483 g/mol. The molecule has 2 rings (SSSR count). The molecule has 0 bridgehead atoms. The third kappa shape index (κ3) is 7.50. The normalized spacial score (nSPS) is 11.7. The first-order valence-electron chi connectivity index (χ1n) is 7.59. The largest absolute Gasteiger partial charge is 0.484 e. The van der Waals surface area contributed by atoms with Crippen molar-refractivity contribution in [2.24, 2.45) is 4.99 Å². The highest BCUT2D eigenvalue weighted by molar-refractivity contribution is 14.0. The Morgan fingerprint density at radius 3 is 2.58 bits per heavy atom. The fourth-order valence-corrected chi connectivity index (χ4v) is 2.06. The molecule has 1 aromatic heterocycles. The van der Waals surface area contributed by atoms with Gasteiger partial charge in [0.2, 0.25) is 0 Å². The van der Waals surface area contributed by atoms with Gasteiger partial charge in [-0.05, 0) is 24.6 Å². The van der Waals surface area contributed by atoms with E-state index in [0.29, 0.717) is 18.1 Å². The van der Waals surface area contributed by atoms with E-state index < -0.39 is 12.8 Å². The van der Waals surface area contributed by atoms with Gasteiger partial charge in [0.25, 0.3) is 0 Å². The van der Waals surface area contributed by atoms with Crippen molar-refractivity contribution in [3.8, 4) is 5.75 Å². The fraction of sp³-hybridized carbons (Fsp3) is 0.375. The first-order chi connectivity index (χ1) is 11.9. The summed E-state index contributed by atoms with van der Waals surface area (Å²) in [7, 11) is 1.61. The van der Waals surface area contributed by atoms with Crippen LogP contribution in [0.2, 0.25) is 0 Å². The van der Waals surface area contributed by atoms with Crippen molar-refractivity contribution in [3.63, 3.8) is 0 Å². The van der Waals surface area contributed by atoms with E-state index in [0.717, 1.165) is 11.3 Å². The molecule has 10 heteroatoms. The van der Waals surface area contributed by atoms with Gasteiger partial charge in [-0.2, -0.15) is 18.3 Å². The van der Waals surface area contributed by atoms with E-state index in [9.17, 15) is 13.2 Å². The molecule has 0 amide bonds. The second kappa shape index (κ2) is 10.2.